The van der Waals surface area contributed by atoms with Crippen molar-refractivity contribution in [2.45, 2.75) is 51.4 Å². The van der Waals surface area contributed by atoms with Crippen molar-refractivity contribution < 1.29 is 31.9 Å². The molecule has 0 amide bonds. The molecule has 0 radical (unpaired) electrons. The highest BCUT2D eigenvalue weighted by molar-refractivity contribution is 7.31. The molecule has 12 aromatic rings. The predicted octanol–water partition coefficient (Wildman–Crippen LogP) is 18.1. The van der Waals surface area contributed by atoms with E-state index >= 15 is 0 Å². The number of ether oxygens (including phenoxy) is 4. The zero-order chi connectivity index (χ0) is 48.2. The number of unbranched alkanes of at least 4 members (excludes halogenated alkanes) is 4. The summed E-state index contributed by atoms with van der Waals surface area (Å²) < 4.78 is 47.0. The molecule has 0 aliphatic carbocycles. The van der Waals surface area contributed by atoms with Gasteiger partial charge >= 0.3 is 8.24 Å². The molecule has 354 valence electrons. The van der Waals surface area contributed by atoms with E-state index in [9.17, 15) is 0 Å². The fourth-order valence-corrected chi connectivity index (χ4v) is 12.4. The molecule has 1 atom stereocenters. The lowest BCUT2D eigenvalue weighted by Gasteiger charge is -2.17. The number of rotatable bonds is 14. The predicted molar refractivity (Wildman–Crippen MR) is 297 cm³/mol. The Morgan fingerprint density at radius 1 is 0.380 bits per heavy atom. The summed E-state index contributed by atoms with van der Waals surface area (Å²) in [4.78, 5) is 0. The Morgan fingerprint density at radius 3 is 1.32 bits per heavy atom. The number of hydrogen-bond donors (Lipinski definition) is 0. The molecule has 0 aliphatic heterocycles. The van der Waals surface area contributed by atoms with E-state index in [-0.39, 0.29) is 0 Å². The summed E-state index contributed by atoms with van der Waals surface area (Å²) in [6.07, 6.45) is 6.61. The lowest BCUT2D eigenvalue weighted by molar-refractivity contribution is 0.356. The second-order valence-corrected chi connectivity index (χ2v) is 19.8. The number of fused-ring (bicyclic) bond motifs is 19. The van der Waals surface area contributed by atoms with Gasteiger partial charge in [-0.15, -0.1) is 0 Å². The first-order chi connectivity index (χ1) is 35.0. The van der Waals surface area contributed by atoms with Gasteiger partial charge in [0.25, 0.3) is 0 Å². The highest BCUT2D eigenvalue weighted by atomic mass is 31.1. The van der Waals surface area contributed by atoms with Crippen LogP contribution in [-0.2, 0) is 0 Å². The fourth-order valence-electron chi connectivity index (χ4n) is 11.3. The standard InChI is InChI=1S/C63H55O7P/c1-38(39-19-11-9-12-20-39)18-10-7-6-8-17-33-68-71-69-62-48(34-54(66-4)50-36-52(64-2)46-31-29-42-27-25-40-21-13-15-23-44(40)56(42)58(46)60(50)62)49-35-55(67-5)51-37-53(65-3)47-32-30-43-28-26-41-22-14-16-24-45(41)57(43)59(47)61(51)63(49)70-71/h9,11-16,19-32,34-38H,6-8,10,17-18,33H2,1-5H3/t38-/m0/s1. The maximum Gasteiger partial charge on any atom is 0.387 e. The quantitative estimate of drug-likeness (QED) is 0.0794. The van der Waals surface area contributed by atoms with Gasteiger partial charge < -0.3 is 27.3 Å². The molecule has 0 N–H and O–H groups in total. The second kappa shape index (κ2) is 18.7. The van der Waals surface area contributed by atoms with E-state index in [0.717, 1.165) is 128 Å². The molecule has 0 saturated carbocycles. The Balaban J connectivity index is 1.15. The average Bonchev–Trinajstić information content (AvgIpc) is 3.58. The molecular weight excluding hydrogens is 900 g/mol. The molecule has 0 saturated heterocycles. The van der Waals surface area contributed by atoms with Crippen LogP contribution in [0, 0.1) is 0 Å². The Labute approximate surface area is 413 Å². The van der Waals surface area contributed by atoms with Gasteiger partial charge in [-0.25, -0.2) is 0 Å². The second-order valence-electron chi connectivity index (χ2n) is 18.8. The zero-order valence-electron chi connectivity index (χ0n) is 40.8. The maximum atomic E-state index is 7.40. The molecule has 0 spiro atoms. The zero-order valence-corrected chi connectivity index (χ0v) is 41.7. The summed E-state index contributed by atoms with van der Waals surface area (Å²) in [6.45, 7) is 2.81. The highest BCUT2D eigenvalue weighted by Crippen LogP contribution is 2.52. The van der Waals surface area contributed by atoms with Crippen LogP contribution < -0.4 is 23.5 Å². The number of methoxy groups -OCH3 is 4. The van der Waals surface area contributed by atoms with Gasteiger partial charge in [0, 0.05) is 53.9 Å². The van der Waals surface area contributed by atoms with Gasteiger partial charge in [0.1, 0.15) is 23.0 Å². The lowest BCUT2D eigenvalue weighted by atomic mass is 9.90. The third-order valence-electron chi connectivity index (χ3n) is 14.8. The van der Waals surface area contributed by atoms with Crippen LogP contribution in [0.1, 0.15) is 56.9 Å². The van der Waals surface area contributed by atoms with Gasteiger partial charge in [0.05, 0.1) is 35.0 Å². The van der Waals surface area contributed by atoms with Crippen LogP contribution in [-0.4, -0.2) is 35.0 Å². The molecule has 0 aliphatic rings. The maximum absolute atomic E-state index is 7.40. The van der Waals surface area contributed by atoms with Gasteiger partial charge in [-0.2, -0.15) is 0 Å². The minimum Gasteiger partial charge on any atom is -0.496 e. The molecule has 1 heterocycles. The van der Waals surface area contributed by atoms with Crippen molar-refractivity contribution >= 4 is 116 Å². The largest absolute Gasteiger partial charge is 0.496 e. The Morgan fingerprint density at radius 2 is 0.803 bits per heavy atom. The van der Waals surface area contributed by atoms with E-state index in [0.29, 0.717) is 35.2 Å². The summed E-state index contributed by atoms with van der Waals surface area (Å²) in [5.41, 5.74) is 2.72. The van der Waals surface area contributed by atoms with Crippen LogP contribution in [0.25, 0.3) is 108 Å². The van der Waals surface area contributed by atoms with Crippen LogP contribution in [0.5, 0.6) is 23.0 Å². The fraction of sp³-hybridized carbons (Fsp3) is 0.206. The molecule has 11 aromatic carbocycles. The van der Waals surface area contributed by atoms with Gasteiger partial charge in [-0.3, -0.25) is 4.52 Å². The SMILES string of the molecule is COc1cc2c3cc(OC)c4cc(OC)c5ccc6ccc7ccccc7c6c5c4c3op(OCCCCCCC[C@H](C)c3ccccc3)oc2c2c1cc(OC)c1ccc3ccc4ccccc4c3c12. The van der Waals surface area contributed by atoms with Crippen LogP contribution in [0.3, 0.4) is 0 Å². The molecule has 0 unspecified atom stereocenters. The average molecular weight is 955 g/mol. The first-order valence-corrected chi connectivity index (χ1v) is 25.8. The van der Waals surface area contributed by atoms with Crippen molar-refractivity contribution in [3.8, 4) is 23.0 Å². The summed E-state index contributed by atoms with van der Waals surface area (Å²) in [5, 5.41) is 18.0. The van der Waals surface area contributed by atoms with Crippen molar-refractivity contribution in [1.82, 2.24) is 0 Å². The summed E-state index contributed by atoms with van der Waals surface area (Å²) in [5.74, 6) is 3.38. The van der Waals surface area contributed by atoms with E-state index in [1.165, 1.54) is 24.8 Å². The van der Waals surface area contributed by atoms with E-state index in [4.69, 9.17) is 31.9 Å². The van der Waals surface area contributed by atoms with Crippen LogP contribution >= 0.6 is 8.24 Å². The molecule has 71 heavy (non-hydrogen) atoms. The monoisotopic (exact) mass is 954 g/mol. The van der Waals surface area contributed by atoms with E-state index in [1.807, 2.05) is 0 Å². The summed E-state index contributed by atoms with van der Waals surface area (Å²) in [7, 11) is 4.87. The summed E-state index contributed by atoms with van der Waals surface area (Å²) in [6, 6.07) is 53.7. The minimum absolute atomic E-state index is 0.475. The molecule has 8 heteroatoms. The molecule has 12 rings (SSSR count). The molecule has 7 nitrogen and oxygen atoms in total. The molecule has 1 aromatic heterocycles. The van der Waals surface area contributed by atoms with E-state index < -0.39 is 8.24 Å². The third-order valence-corrected chi connectivity index (χ3v) is 15.9. The topological polar surface area (TPSA) is 72.4 Å². The lowest BCUT2D eigenvalue weighted by Crippen LogP contribution is -1.95. The number of benzene rings is 11. The van der Waals surface area contributed by atoms with Crippen LogP contribution in [0.15, 0.2) is 160 Å². The van der Waals surface area contributed by atoms with Crippen molar-refractivity contribution in [2.75, 3.05) is 35.0 Å². The minimum atomic E-state index is -2.04. The van der Waals surface area contributed by atoms with E-state index in [1.54, 1.807) is 28.4 Å². The number of hydrogen-bond acceptors (Lipinski definition) is 7. The van der Waals surface area contributed by atoms with Crippen molar-refractivity contribution in [3.05, 3.63) is 157 Å². The third kappa shape index (κ3) is 7.62. The van der Waals surface area contributed by atoms with Crippen LogP contribution in [0.4, 0.5) is 0 Å². The Hall–Kier alpha value is -7.44. The normalized spacial score (nSPS) is 12.4. The van der Waals surface area contributed by atoms with Crippen molar-refractivity contribution in [2.24, 2.45) is 0 Å². The highest BCUT2D eigenvalue weighted by Gasteiger charge is 2.25. The Kier molecular flexibility index (Phi) is 11.8. The smallest absolute Gasteiger partial charge is 0.387 e. The summed E-state index contributed by atoms with van der Waals surface area (Å²) >= 11 is 0. The van der Waals surface area contributed by atoms with Crippen molar-refractivity contribution in [3.63, 3.8) is 0 Å². The van der Waals surface area contributed by atoms with Gasteiger partial charge in [-0.05, 0) is 104 Å². The van der Waals surface area contributed by atoms with Gasteiger partial charge in [0.15, 0.2) is 11.2 Å². The van der Waals surface area contributed by atoms with Crippen LogP contribution in [0.2, 0.25) is 0 Å². The van der Waals surface area contributed by atoms with Gasteiger partial charge in [0.2, 0.25) is 0 Å². The van der Waals surface area contributed by atoms with Crippen molar-refractivity contribution in [1.29, 1.82) is 0 Å². The Bertz CT molecular complexity index is 3850. The van der Waals surface area contributed by atoms with E-state index in [2.05, 4.69) is 159 Å². The van der Waals surface area contributed by atoms with Gasteiger partial charge in [-0.1, -0.05) is 148 Å². The molecule has 0 bridgehead atoms. The molecule has 0 fully saturated rings. The molecular formula is C63H55O7P. The first kappa shape index (κ1) is 44.7. The first-order valence-electron chi connectivity index (χ1n) is 24.7.